The smallest absolute Gasteiger partial charge is 0.264 e. The molecule has 0 unspecified atom stereocenters. The molecule has 30 heavy (non-hydrogen) atoms. The molecule has 0 bridgehead atoms. The molecular weight excluding hydrogens is 389 g/mol. The Bertz CT molecular complexity index is 1290. The highest BCUT2D eigenvalue weighted by molar-refractivity contribution is 5.92. The fraction of sp³-hybridized carbons (Fsp3) is 0.143. The molecule has 0 aliphatic rings. The molecule has 152 valence electrons. The lowest BCUT2D eigenvalue weighted by molar-refractivity contribution is -0.116. The molecule has 0 fully saturated rings. The number of carbonyl (C=O) groups excluding carboxylic acids is 1. The van der Waals surface area contributed by atoms with Gasteiger partial charge in [0.25, 0.3) is 5.56 Å². The number of ether oxygens (including phenoxy) is 1. The summed E-state index contributed by atoms with van der Waals surface area (Å²) < 4.78 is 21.1. The highest BCUT2D eigenvalue weighted by Gasteiger charge is 2.14. The Morgan fingerprint density at radius 2 is 1.97 bits per heavy atom. The van der Waals surface area contributed by atoms with Crippen LogP contribution in [0.1, 0.15) is 5.56 Å². The van der Waals surface area contributed by atoms with E-state index >= 15 is 0 Å². The summed E-state index contributed by atoms with van der Waals surface area (Å²) in [6.45, 7) is 1.68. The van der Waals surface area contributed by atoms with Crippen LogP contribution in [0.3, 0.4) is 0 Å². The van der Waals surface area contributed by atoms with Crippen LogP contribution in [0.2, 0.25) is 0 Å². The van der Waals surface area contributed by atoms with Crippen LogP contribution in [-0.2, 0) is 11.3 Å². The quantitative estimate of drug-likeness (QED) is 0.549. The van der Waals surface area contributed by atoms with Gasteiger partial charge in [-0.3, -0.25) is 14.2 Å². The van der Waals surface area contributed by atoms with Gasteiger partial charge in [-0.1, -0.05) is 6.07 Å². The second kappa shape index (κ2) is 7.78. The van der Waals surface area contributed by atoms with Gasteiger partial charge in [0.1, 0.15) is 29.8 Å². The van der Waals surface area contributed by atoms with Crippen LogP contribution in [0.5, 0.6) is 5.75 Å². The largest absolute Gasteiger partial charge is 0.495 e. The summed E-state index contributed by atoms with van der Waals surface area (Å²) in [6, 6.07) is 11.1. The molecule has 0 radical (unpaired) electrons. The van der Waals surface area contributed by atoms with E-state index in [-0.39, 0.29) is 17.7 Å². The van der Waals surface area contributed by atoms with Crippen LogP contribution < -0.4 is 15.6 Å². The monoisotopic (exact) mass is 407 g/mol. The summed E-state index contributed by atoms with van der Waals surface area (Å²) in [6.07, 6.45) is 2.67. The van der Waals surface area contributed by atoms with Crippen molar-refractivity contribution < 1.29 is 13.9 Å². The van der Waals surface area contributed by atoms with E-state index in [1.54, 1.807) is 12.1 Å². The summed E-state index contributed by atoms with van der Waals surface area (Å²) in [5, 5.41) is 7.18. The van der Waals surface area contributed by atoms with E-state index in [9.17, 15) is 14.0 Å². The Labute approximate surface area is 170 Å². The molecule has 4 rings (SSSR count). The number of nitrogens with one attached hydrogen (secondary N) is 1. The second-order valence-corrected chi connectivity index (χ2v) is 6.70. The summed E-state index contributed by atoms with van der Waals surface area (Å²) in [5.41, 5.74) is 1.97. The molecule has 2 aromatic carbocycles. The van der Waals surface area contributed by atoms with Gasteiger partial charge in [0.15, 0.2) is 5.65 Å². The molecule has 0 spiro atoms. The average Bonchev–Trinajstić information content (AvgIpc) is 3.16. The van der Waals surface area contributed by atoms with Crippen molar-refractivity contribution in [3.8, 4) is 11.4 Å². The van der Waals surface area contributed by atoms with Crippen molar-refractivity contribution in [3.63, 3.8) is 0 Å². The van der Waals surface area contributed by atoms with Gasteiger partial charge in [-0.2, -0.15) is 5.10 Å². The molecule has 8 nitrogen and oxygen atoms in total. The van der Waals surface area contributed by atoms with Crippen LogP contribution in [0, 0.1) is 12.7 Å². The number of anilines is 1. The molecule has 1 N–H and O–H groups in total. The minimum absolute atomic E-state index is 0.222. The number of nitrogens with zero attached hydrogens (tertiary/aromatic N) is 4. The average molecular weight is 407 g/mol. The number of methoxy groups -OCH3 is 1. The Morgan fingerprint density at radius 1 is 1.20 bits per heavy atom. The molecule has 9 heteroatoms. The zero-order valence-electron chi connectivity index (χ0n) is 16.3. The Kier molecular flexibility index (Phi) is 5.01. The van der Waals surface area contributed by atoms with Crippen molar-refractivity contribution in [2.45, 2.75) is 13.5 Å². The first-order chi connectivity index (χ1) is 14.5. The molecule has 0 saturated heterocycles. The Morgan fingerprint density at radius 3 is 2.70 bits per heavy atom. The topological polar surface area (TPSA) is 91.0 Å². The third-order valence-corrected chi connectivity index (χ3v) is 4.57. The Hall–Kier alpha value is -4.01. The molecule has 0 saturated carbocycles. The Balaban J connectivity index is 1.60. The van der Waals surface area contributed by atoms with Crippen molar-refractivity contribution in [1.82, 2.24) is 19.3 Å². The van der Waals surface area contributed by atoms with Crippen LogP contribution in [0.15, 0.2) is 59.8 Å². The van der Waals surface area contributed by atoms with Crippen molar-refractivity contribution in [2.75, 3.05) is 12.4 Å². The van der Waals surface area contributed by atoms with Crippen molar-refractivity contribution >= 4 is 22.6 Å². The highest BCUT2D eigenvalue weighted by Crippen LogP contribution is 2.25. The molecule has 0 aliphatic carbocycles. The van der Waals surface area contributed by atoms with Gasteiger partial charge in [-0.05, 0) is 48.9 Å². The number of benzene rings is 2. The number of amides is 1. The van der Waals surface area contributed by atoms with Gasteiger partial charge in [0.05, 0.1) is 24.7 Å². The molecule has 2 aromatic heterocycles. The summed E-state index contributed by atoms with van der Waals surface area (Å²) >= 11 is 0. The van der Waals surface area contributed by atoms with E-state index in [1.165, 1.54) is 53.1 Å². The predicted molar refractivity (Wildman–Crippen MR) is 109 cm³/mol. The number of aromatic nitrogens is 4. The summed E-state index contributed by atoms with van der Waals surface area (Å²) in [5.74, 6) is -0.245. The third-order valence-electron chi connectivity index (χ3n) is 4.57. The minimum atomic E-state index is -0.403. The lowest BCUT2D eigenvalue weighted by Crippen LogP contribution is -2.28. The first-order valence-corrected chi connectivity index (χ1v) is 9.10. The molecular formula is C21H18FN5O3. The van der Waals surface area contributed by atoms with E-state index in [2.05, 4.69) is 15.4 Å². The van der Waals surface area contributed by atoms with Crippen LogP contribution in [-0.4, -0.2) is 32.3 Å². The zero-order chi connectivity index (χ0) is 21.3. The second-order valence-electron chi connectivity index (χ2n) is 6.70. The fourth-order valence-electron chi connectivity index (χ4n) is 3.10. The fourth-order valence-corrected chi connectivity index (χ4v) is 3.10. The maximum atomic E-state index is 13.2. The minimum Gasteiger partial charge on any atom is -0.495 e. The first-order valence-electron chi connectivity index (χ1n) is 9.10. The summed E-state index contributed by atoms with van der Waals surface area (Å²) in [7, 11) is 1.52. The van der Waals surface area contributed by atoms with E-state index in [1.807, 2.05) is 13.0 Å². The number of rotatable bonds is 5. The van der Waals surface area contributed by atoms with Crippen molar-refractivity contribution in [2.24, 2.45) is 0 Å². The van der Waals surface area contributed by atoms with Crippen LogP contribution in [0.4, 0.5) is 10.1 Å². The third kappa shape index (κ3) is 3.64. The van der Waals surface area contributed by atoms with Gasteiger partial charge in [0, 0.05) is 0 Å². The van der Waals surface area contributed by atoms with E-state index in [4.69, 9.17) is 4.74 Å². The normalized spacial score (nSPS) is 10.9. The lowest BCUT2D eigenvalue weighted by atomic mass is 10.2. The van der Waals surface area contributed by atoms with Gasteiger partial charge in [0.2, 0.25) is 5.91 Å². The maximum Gasteiger partial charge on any atom is 0.264 e. The van der Waals surface area contributed by atoms with Crippen LogP contribution >= 0.6 is 0 Å². The van der Waals surface area contributed by atoms with E-state index in [0.29, 0.717) is 22.8 Å². The molecule has 0 atom stereocenters. The lowest BCUT2D eigenvalue weighted by Gasteiger charge is -2.11. The van der Waals surface area contributed by atoms with Gasteiger partial charge in [-0.25, -0.2) is 14.1 Å². The number of hydrogen-bond donors (Lipinski definition) is 1. The molecule has 1 amide bonds. The van der Waals surface area contributed by atoms with E-state index < -0.39 is 11.5 Å². The number of hydrogen-bond acceptors (Lipinski definition) is 5. The first kappa shape index (κ1) is 19.3. The van der Waals surface area contributed by atoms with Gasteiger partial charge in [-0.15, -0.1) is 0 Å². The van der Waals surface area contributed by atoms with Gasteiger partial charge >= 0.3 is 0 Å². The van der Waals surface area contributed by atoms with Crippen LogP contribution in [0.25, 0.3) is 16.7 Å². The van der Waals surface area contributed by atoms with E-state index in [0.717, 1.165) is 5.56 Å². The van der Waals surface area contributed by atoms with Gasteiger partial charge < -0.3 is 10.1 Å². The standard InChI is InChI=1S/C21H18FN5O3/c1-13-3-8-18(30-2)17(9-13)25-19(28)11-26-12-23-20-16(21(26)29)10-24-27(20)15-6-4-14(22)5-7-15/h3-10,12H,11H2,1-2H3,(H,25,28). The van der Waals surface area contributed by atoms with Crippen molar-refractivity contribution in [3.05, 3.63) is 76.7 Å². The predicted octanol–water partition coefficient (Wildman–Crippen LogP) is 2.68. The number of aryl methyl sites for hydroxylation is 1. The number of halogens is 1. The highest BCUT2D eigenvalue weighted by atomic mass is 19.1. The molecule has 2 heterocycles. The maximum absolute atomic E-state index is 13.2. The number of carbonyl (C=O) groups is 1. The zero-order valence-corrected chi connectivity index (χ0v) is 16.3. The molecule has 4 aromatic rings. The molecule has 0 aliphatic heterocycles. The SMILES string of the molecule is COc1ccc(C)cc1NC(=O)Cn1cnc2c(cnn2-c2ccc(F)cc2)c1=O. The van der Waals surface area contributed by atoms with Crippen molar-refractivity contribution in [1.29, 1.82) is 0 Å². The summed E-state index contributed by atoms with van der Waals surface area (Å²) in [4.78, 5) is 29.6. The number of fused-ring (bicyclic) bond motifs is 1.